The summed E-state index contributed by atoms with van der Waals surface area (Å²) >= 11 is 0. The van der Waals surface area contributed by atoms with Crippen molar-refractivity contribution in [1.82, 2.24) is 5.32 Å². The van der Waals surface area contributed by atoms with E-state index in [1.807, 2.05) is 0 Å². The molecule has 4 N–H and O–H groups in total. The van der Waals surface area contributed by atoms with Crippen LogP contribution >= 0.6 is 0 Å². The molecule has 0 aromatic carbocycles. The first kappa shape index (κ1) is 14.8. The highest BCUT2D eigenvalue weighted by Crippen LogP contribution is 2.30. The van der Waals surface area contributed by atoms with Gasteiger partial charge in [0, 0.05) is 18.0 Å². The molecule has 1 amide bonds. The zero-order valence-electron chi connectivity index (χ0n) is 11.9. The zero-order valence-corrected chi connectivity index (χ0v) is 11.9. The van der Waals surface area contributed by atoms with Gasteiger partial charge in [-0.15, -0.1) is 0 Å². The second-order valence-electron chi connectivity index (χ2n) is 6.54. The highest BCUT2D eigenvalue weighted by molar-refractivity contribution is 5.78. The highest BCUT2D eigenvalue weighted by Gasteiger charge is 2.33. The van der Waals surface area contributed by atoms with Crippen molar-refractivity contribution < 1.29 is 9.90 Å². The normalized spacial score (nSPS) is 33.1. The Hall–Kier alpha value is -0.610. The molecule has 2 aliphatic rings. The SMILES string of the molecule is NC1(CO)CCC(C(=O)NCC2CCCCC2)CC1. The van der Waals surface area contributed by atoms with Crippen LogP contribution in [-0.2, 0) is 4.79 Å². The molecule has 110 valence electrons. The molecule has 0 aromatic heterocycles. The molecule has 2 rings (SSSR count). The molecule has 0 radical (unpaired) electrons. The average Bonchev–Trinajstić information content (AvgIpc) is 2.47. The number of hydrogen-bond donors (Lipinski definition) is 3. The third-order valence-corrected chi connectivity index (χ3v) is 4.96. The maximum absolute atomic E-state index is 12.1. The molecule has 0 unspecified atom stereocenters. The second-order valence-corrected chi connectivity index (χ2v) is 6.54. The third kappa shape index (κ3) is 4.18. The van der Waals surface area contributed by atoms with Crippen molar-refractivity contribution in [2.75, 3.05) is 13.2 Å². The largest absolute Gasteiger partial charge is 0.394 e. The van der Waals surface area contributed by atoms with Crippen LogP contribution in [0.2, 0.25) is 0 Å². The Kier molecular flexibility index (Phi) is 5.22. The van der Waals surface area contributed by atoms with Gasteiger partial charge < -0.3 is 16.2 Å². The average molecular weight is 268 g/mol. The number of carbonyl (C=O) groups excluding carboxylic acids is 1. The predicted molar refractivity (Wildman–Crippen MR) is 75.5 cm³/mol. The lowest BCUT2D eigenvalue weighted by molar-refractivity contribution is -0.126. The summed E-state index contributed by atoms with van der Waals surface area (Å²) in [4.78, 5) is 12.1. The van der Waals surface area contributed by atoms with E-state index in [1.165, 1.54) is 32.1 Å². The summed E-state index contributed by atoms with van der Waals surface area (Å²) in [6.45, 7) is 0.881. The maximum atomic E-state index is 12.1. The molecule has 0 atom stereocenters. The molecular formula is C15H28N2O2. The smallest absolute Gasteiger partial charge is 0.223 e. The first-order valence-corrected chi connectivity index (χ1v) is 7.80. The molecule has 2 aliphatic carbocycles. The van der Waals surface area contributed by atoms with Crippen LogP contribution in [0.5, 0.6) is 0 Å². The summed E-state index contributed by atoms with van der Waals surface area (Å²) in [7, 11) is 0. The Morgan fingerprint density at radius 1 is 1.16 bits per heavy atom. The molecule has 2 saturated carbocycles. The Labute approximate surface area is 116 Å². The van der Waals surface area contributed by atoms with E-state index in [0.29, 0.717) is 5.92 Å². The first-order chi connectivity index (χ1) is 9.13. The Morgan fingerprint density at radius 2 is 1.79 bits per heavy atom. The lowest BCUT2D eigenvalue weighted by Crippen LogP contribution is -2.48. The first-order valence-electron chi connectivity index (χ1n) is 7.80. The summed E-state index contributed by atoms with van der Waals surface area (Å²) in [5, 5.41) is 12.3. The molecule has 0 aliphatic heterocycles. The number of aliphatic hydroxyl groups is 1. The molecule has 4 nitrogen and oxygen atoms in total. The van der Waals surface area contributed by atoms with E-state index in [0.717, 1.165) is 32.2 Å². The molecule has 0 heterocycles. The van der Waals surface area contributed by atoms with Crippen molar-refractivity contribution in [3.63, 3.8) is 0 Å². The van der Waals surface area contributed by atoms with Crippen molar-refractivity contribution in [3.05, 3.63) is 0 Å². The zero-order chi connectivity index (χ0) is 13.7. The van der Waals surface area contributed by atoms with Crippen LogP contribution < -0.4 is 11.1 Å². The van der Waals surface area contributed by atoms with Gasteiger partial charge in [-0.1, -0.05) is 19.3 Å². The van der Waals surface area contributed by atoms with E-state index < -0.39 is 5.54 Å². The Morgan fingerprint density at radius 3 is 2.37 bits per heavy atom. The standard InChI is InChI=1S/C15H28N2O2/c16-15(11-18)8-6-13(7-9-15)14(19)17-10-12-4-2-1-3-5-12/h12-13,18H,1-11,16H2,(H,17,19). The molecule has 0 bridgehead atoms. The lowest BCUT2D eigenvalue weighted by atomic mass is 9.77. The van der Waals surface area contributed by atoms with Crippen molar-refractivity contribution >= 4 is 5.91 Å². The van der Waals surface area contributed by atoms with Crippen LogP contribution in [0.4, 0.5) is 0 Å². The predicted octanol–water partition coefficient (Wildman–Crippen LogP) is 1.56. The van der Waals surface area contributed by atoms with Gasteiger partial charge in [-0.3, -0.25) is 4.79 Å². The van der Waals surface area contributed by atoms with E-state index in [1.54, 1.807) is 0 Å². The van der Waals surface area contributed by atoms with Gasteiger partial charge in [0.05, 0.1) is 6.61 Å². The minimum atomic E-state index is -0.444. The summed E-state index contributed by atoms with van der Waals surface area (Å²) in [5.74, 6) is 0.990. The molecule has 0 saturated heterocycles. The number of nitrogens with two attached hydrogens (primary N) is 1. The van der Waals surface area contributed by atoms with Crippen molar-refractivity contribution in [2.24, 2.45) is 17.6 Å². The minimum Gasteiger partial charge on any atom is -0.394 e. The molecule has 0 aromatic rings. The van der Waals surface area contributed by atoms with Crippen LogP contribution in [0, 0.1) is 11.8 Å². The van der Waals surface area contributed by atoms with Gasteiger partial charge in [0.25, 0.3) is 0 Å². The number of nitrogens with one attached hydrogen (secondary N) is 1. The van der Waals surface area contributed by atoms with Crippen LogP contribution in [0.1, 0.15) is 57.8 Å². The van der Waals surface area contributed by atoms with Gasteiger partial charge in [0.1, 0.15) is 0 Å². The number of rotatable bonds is 4. The number of aliphatic hydroxyl groups excluding tert-OH is 1. The quantitative estimate of drug-likeness (QED) is 0.724. The monoisotopic (exact) mass is 268 g/mol. The van der Waals surface area contributed by atoms with Crippen LogP contribution in [0.3, 0.4) is 0 Å². The van der Waals surface area contributed by atoms with Gasteiger partial charge in [-0.2, -0.15) is 0 Å². The maximum Gasteiger partial charge on any atom is 0.223 e. The number of amides is 1. The molecule has 4 heteroatoms. The van der Waals surface area contributed by atoms with E-state index in [9.17, 15) is 9.90 Å². The van der Waals surface area contributed by atoms with E-state index in [2.05, 4.69) is 5.32 Å². The van der Waals surface area contributed by atoms with Gasteiger partial charge in [-0.05, 0) is 44.4 Å². The summed E-state index contributed by atoms with van der Waals surface area (Å²) in [6, 6.07) is 0. The summed E-state index contributed by atoms with van der Waals surface area (Å²) in [5.41, 5.74) is 5.59. The van der Waals surface area contributed by atoms with Gasteiger partial charge >= 0.3 is 0 Å². The summed E-state index contributed by atoms with van der Waals surface area (Å²) in [6.07, 6.45) is 9.65. The lowest BCUT2D eigenvalue weighted by Gasteiger charge is -2.35. The number of hydrogen-bond acceptors (Lipinski definition) is 3. The van der Waals surface area contributed by atoms with E-state index >= 15 is 0 Å². The molecular weight excluding hydrogens is 240 g/mol. The Balaban J connectivity index is 1.69. The fourth-order valence-corrected chi connectivity index (χ4v) is 3.39. The van der Waals surface area contributed by atoms with Crippen LogP contribution in [0.15, 0.2) is 0 Å². The fourth-order valence-electron chi connectivity index (χ4n) is 3.39. The van der Waals surface area contributed by atoms with E-state index in [4.69, 9.17) is 5.73 Å². The molecule has 0 spiro atoms. The van der Waals surface area contributed by atoms with Crippen LogP contribution in [-0.4, -0.2) is 29.7 Å². The molecule has 2 fully saturated rings. The van der Waals surface area contributed by atoms with Crippen LogP contribution in [0.25, 0.3) is 0 Å². The number of carbonyl (C=O) groups is 1. The minimum absolute atomic E-state index is 0.0312. The fraction of sp³-hybridized carbons (Fsp3) is 0.933. The topological polar surface area (TPSA) is 75.3 Å². The second kappa shape index (κ2) is 6.71. The van der Waals surface area contributed by atoms with Crippen molar-refractivity contribution in [3.8, 4) is 0 Å². The van der Waals surface area contributed by atoms with E-state index in [-0.39, 0.29) is 18.4 Å². The third-order valence-electron chi connectivity index (χ3n) is 4.96. The highest BCUT2D eigenvalue weighted by atomic mass is 16.3. The molecule has 19 heavy (non-hydrogen) atoms. The van der Waals surface area contributed by atoms with Gasteiger partial charge in [0.15, 0.2) is 0 Å². The summed E-state index contributed by atoms with van der Waals surface area (Å²) < 4.78 is 0. The van der Waals surface area contributed by atoms with Crippen molar-refractivity contribution in [2.45, 2.75) is 63.3 Å². The van der Waals surface area contributed by atoms with Gasteiger partial charge in [-0.25, -0.2) is 0 Å². The van der Waals surface area contributed by atoms with Crippen molar-refractivity contribution in [1.29, 1.82) is 0 Å². The Bertz CT molecular complexity index is 293. The van der Waals surface area contributed by atoms with Gasteiger partial charge in [0.2, 0.25) is 5.91 Å².